The van der Waals surface area contributed by atoms with Gasteiger partial charge in [0.1, 0.15) is 0 Å². The van der Waals surface area contributed by atoms with Gasteiger partial charge >= 0.3 is 0 Å². The number of thioether (sulfide) groups is 1. The molecule has 0 bridgehead atoms. The molecule has 3 aromatic rings. The maximum atomic E-state index is 12.6. The topological polar surface area (TPSA) is 88.1 Å². The molecule has 1 N–H and O–H groups in total. The predicted molar refractivity (Wildman–Crippen MR) is 114 cm³/mol. The van der Waals surface area contributed by atoms with Crippen LogP contribution in [-0.4, -0.2) is 33.5 Å². The summed E-state index contributed by atoms with van der Waals surface area (Å²) in [4.78, 5) is 30.8. The molecule has 0 unspecified atom stereocenters. The van der Waals surface area contributed by atoms with E-state index >= 15 is 0 Å². The van der Waals surface area contributed by atoms with Gasteiger partial charge in [-0.25, -0.2) is 0 Å². The van der Waals surface area contributed by atoms with Crippen molar-refractivity contribution in [3.8, 4) is 0 Å². The SMILES string of the molecule is Cc1cccc(N2C[C@H](C(=O)Nc3nnc(SCc4cccnc4)s3)CC2=O)c1. The minimum atomic E-state index is -0.404. The molecule has 4 rings (SSSR count). The number of pyridine rings is 1. The minimum Gasteiger partial charge on any atom is -0.312 e. The highest BCUT2D eigenvalue weighted by Crippen LogP contribution is 2.30. The zero-order chi connectivity index (χ0) is 20.2. The van der Waals surface area contributed by atoms with Gasteiger partial charge < -0.3 is 10.2 Å². The third-order valence-electron chi connectivity index (χ3n) is 4.53. The number of anilines is 2. The van der Waals surface area contributed by atoms with Crippen LogP contribution in [0.25, 0.3) is 0 Å². The summed E-state index contributed by atoms with van der Waals surface area (Å²) in [5.41, 5.74) is 3.00. The van der Waals surface area contributed by atoms with Gasteiger partial charge in [-0.2, -0.15) is 0 Å². The predicted octanol–water partition coefficient (Wildman–Crippen LogP) is 3.53. The second kappa shape index (κ2) is 8.71. The van der Waals surface area contributed by atoms with Crippen LogP contribution < -0.4 is 10.2 Å². The average Bonchev–Trinajstić information content (AvgIpc) is 3.33. The van der Waals surface area contributed by atoms with Crippen molar-refractivity contribution in [1.82, 2.24) is 15.2 Å². The maximum Gasteiger partial charge on any atom is 0.231 e. The number of benzene rings is 1. The Morgan fingerprint density at radius 2 is 2.21 bits per heavy atom. The standard InChI is InChI=1S/C20H19N5O2S2/c1-13-4-2-6-16(8-13)25-11-15(9-17(25)26)18(27)22-19-23-24-20(29-19)28-12-14-5-3-7-21-10-14/h2-8,10,15H,9,11-12H2,1H3,(H,22,23,27)/t15-/m1/s1. The summed E-state index contributed by atoms with van der Waals surface area (Å²) >= 11 is 2.87. The number of carbonyl (C=O) groups is 2. The molecular weight excluding hydrogens is 406 g/mol. The number of nitrogens with one attached hydrogen (secondary N) is 1. The molecule has 29 heavy (non-hydrogen) atoms. The fraction of sp³-hybridized carbons (Fsp3) is 0.250. The molecule has 0 aliphatic carbocycles. The van der Waals surface area contributed by atoms with Gasteiger partial charge in [0.25, 0.3) is 0 Å². The van der Waals surface area contributed by atoms with Crippen LogP contribution in [0.1, 0.15) is 17.5 Å². The second-order valence-corrected chi connectivity index (χ2v) is 8.96. The van der Waals surface area contributed by atoms with Gasteiger partial charge in [0.15, 0.2) is 4.34 Å². The van der Waals surface area contributed by atoms with Gasteiger partial charge in [0.05, 0.1) is 5.92 Å². The number of nitrogens with zero attached hydrogens (tertiary/aromatic N) is 4. The summed E-state index contributed by atoms with van der Waals surface area (Å²) in [5.74, 6) is 0.0894. The first-order valence-electron chi connectivity index (χ1n) is 9.11. The van der Waals surface area contributed by atoms with E-state index in [1.165, 1.54) is 11.3 Å². The highest BCUT2D eigenvalue weighted by molar-refractivity contribution is 8.00. The summed E-state index contributed by atoms with van der Waals surface area (Å²) in [7, 11) is 0. The molecule has 2 aromatic heterocycles. The van der Waals surface area contributed by atoms with Crippen LogP contribution in [0, 0.1) is 12.8 Å². The summed E-state index contributed by atoms with van der Waals surface area (Å²) in [5, 5.41) is 11.4. The smallest absolute Gasteiger partial charge is 0.231 e. The van der Waals surface area contributed by atoms with Crippen LogP contribution in [0.2, 0.25) is 0 Å². The Morgan fingerprint density at radius 3 is 3.00 bits per heavy atom. The van der Waals surface area contributed by atoms with Gasteiger partial charge in [-0.1, -0.05) is 41.3 Å². The summed E-state index contributed by atoms with van der Waals surface area (Å²) < 4.78 is 0.771. The molecule has 1 aromatic carbocycles. The van der Waals surface area contributed by atoms with Crippen LogP contribution in [0.15, 0.2) is 53.1 Å². The normalized spacial score (nSPS) is 16.2. The molecule has 1 atom stereocenters. The Balaban J connectivity index is 1.34. The van der Waals surface area contributed by atoms with Crippen LogP contribution in [0.4, 0.5) is 10.8 Å². The number of aryl methyl sites for hydroxylation is 1. The van der Waals surface area contributed by atoms with Gasteiger partial charge in [-0.05, 0) is 36.2 Å². The summed E-state index contributed by atoms with van der Waals surface area (Å²) in [6.45, 7) is 2.35. The molecular formula is C20H19N5O2S2. The van der Waals surface area contributed by atoms with Crippen LogP contribution in [0.3, 0.4) is 0 Å². The highest BCUT2D eigenvalue weighted by atomic mass is 32.2. The van der Waals surface area contributed by atoms with E-state index in [-0.39, 0.29) is 18.2 Å². The molecule has 0 radical (unpaired) electrons. The molecule has 1 saturated heterocycles. The Bertz CT molecular complexity index is 1020. The Morgan fingerprint density at radius 1 is 1.31 bits per heavy atom. The van der Waals surface area contributed by atoms with Crippen LogP contribution in [-0.2, 0) is 15.3 Å². The molecule has 2 amide bonds. The maximum absolute atomic E-state index is 12.6. The first kappa shape index (κ1) is 19.5. The number of hydrogen-bond acceptors (Lipinski definition) is 7. The van der Waals surface area contributed by atoms with E-state index < -0.39 is 5.92 Å². The third kappa shape index (κ3) is 4.80. The molecule has 1 aliphatic rings. The lowest BCUT2D eigenvalue weighted by Crippen LogP contribution is -2.28. The molecule has 1 fully saturated rings. The van der Waals surface area contributed by atoms with Crippen molar-refractivity contribution in [3.63, 3.8) is 0 Å². The van der Waals surface area contributed by atoms with Crippen molar-refractivity contribution in [1.29, 1.82) is 0 Å². The van der Waals surface area contributed by atoms with Crippen molar-refractivity contribution in [2.75, 3.05) is 16.8 Å². The van der Waals surface area contributed by atoms with E-state index in [1.54, 1.807) is 22.9 Å². The first-order chi connectivity index (χ1) is 14.1. The van der Waals surface area contributed by atoms with Crippen molar-refractivity contribution >= 4 is 45.7 Å². The van der Waals surface area contributed by atoms with Crippen molar-refractivity contribution in [2.24, 2.45) is 5.92 Å². The van der Waals surface area contributed by atoms with Crippen LogP contribution in [0.5, 0.6) is 0 Å². The molecule has 1 aliphatic heterocycles. The monoisotopic (exact) mass is 425 g/mol. The number of rotatable bonds is 6. The van der Waals surface area contributed by atoms with Gasteiger partial charge in [0.2, 0.25) is 16.9 Å². The first-order valence-corrected chi connectivity index (χ1v) is 10.9. The fourth-order valence-electron chi connectivity index (χ4n) is 3.08. The lowest BCUT2D eigenvalue weighted by atomic mass is 10.1. The highest BCUT2D eigenvalue weighted by Gasteiger charge is 2.35. The van der Waals surface area contributed by atoms with Crippen molar-refractivity contribution in [2.45, 2.75) is 23.4 Å². The summed E-state index contributed by atoms with van der Waals surface area (Å²) in [6.07, 6.45) is 3.75. The number of aromatic nitrogens is 3. The number of hydrogen-bond donors (Lipinski definition) is 1. The quantitative estimate of drug-likeness (QED) is 0.480. The van der Waals surface area contributed by atoms with E-state index in [2.05, 4.69) is 20.5 Å². The number of amides is 2. The minimum absolute atomic E-state index is 0.0410. The average molecular weight is 426 g/mol. The molecule has 148 valence electrons. The zero-order valence-corrected chi connectivity index (χ0v) is 17.4. The molecule has 9 heteroatoms. The van der Waals surface area contributed by atoms with E-state index in [1.807, 2.05) is 49.5 Å². The Kier molecular flexibility index (Phi) is 5.86. The lowest BCUT2D eigenvalue weighted by molar-refractivity contribution is -0.122. The van der Waals surface area contributed by atoms with Gasteiger partial charge in [-0.15, -0.1) is 10.2 Å². The van der Waals surface area contributed by atoms with Gasteiger partial charge in [0, 0.05) is 36.8 Å². The van der Waals surface area contributed by atoms with E-state index in [0.29, 0.717) is 11.7 Å². The Labute approximate surface area is 176 Å². The van der Waals surface area contributed by atoms with E-state index in [9.17, 15) is 9.59 Å². The molecule has 0 saturated carbocycles. The fourth-order valence-corrected chi connectivity index (χ4v) is 4.77. The Hall–Kier alpha value is -2.78. The van der Waals surface area contributed by atoms with Crippen molar-refractivity contribution in [3.05, 3.63) is 59.9 Å². The lowest BCUT2D eigenvalue weighted by Gasteiger charge is -2.17. The summed E-state index contributed by atoms with van der Waals surface area (Å²) in [6, 6.07) is 11.6. The third-order valence-corrected chi connectivity index (χ3v) is 6.57. The molecule has 7 nitrogen and oxygen atoms in total. The zero-order valence-electron chi connectivity index (χ0n) is 15.7. The second-order valence-electron chi connectivity index (χ2n) is 6.76. The van der Waals surface area contributed by atoms with Crippen LogP contribution >= 0.6 is 23.1 Å². The molecule has 3 heterocycles. The largest absolute Gasteiger partial charge is 0.312 e. The number of carbonyl (C=O) groups excluding carboxylic acids is 2. The van der Waals surface area contributed by atoms with Gasteiger partial charge in [-0.3, -0.25) is 14.6 Å². The van der Waals surface area contributed by atoms with E-state index in [4.69, 9.17) is 0 Å². The van der Waals surface area contributed by atoms with E-state index in [0.717, 1.165) is 26.9 Å². The van der Waals surface area contributed by atoms with Crippen molar-refractivity contribution < 1.29 is 9.59 Å². The molecule has 0 spiro atoms.